The highest BCUT2D eigenvalue weighted by atomic mass is 16.5. The van der Waals surface area contributed by atoms with Crippen molar-refractivity contribution in [1.29, 1.82) is 0 Å². The lowest BCUT2D eigenvalue weighted by Crippen LogP contribution is -2.40. The number of nitrogens with two attached hydrogens (primary N) is 2. The molecule has 6 heteroatoms. The van der Waals surface area contributed by atoms with Crippen LogP contribution in [0.3, 0.4) is 0 Å². The van der Waals surface area contributed by atoms with Crippen LogP contribution in [0.1, 0.15) is 40.7 Å². The van der Waals surface area contributed by atoms with Crippen molar-refractivity contribution >= 4 is 5.91 Å². The molecule has 3 aromatic rings. The first-order chi connectivity index (χ1) is 16.2. The molecule has 0 saturated heterocycles. The number of benzene rings is 3. The van der Waals surface area contributed by atoms with E-state index in [9.17, 15) is 4.79 Å². The predicted octanol–water partition coefficient (Wildman–Crippen LogP) is 4.03. The molecule has 0 aliphatic heterocycles. The van der Waals surface area contributed by atoms with Crippen molar-refractivity contribution in [3.05, 3.63) is 95.6 Å². The first-order valence-electron chi connectivity index (χ1n) is 11.4. The van der Waals surface area contributed by atoms with E-state index in [-0.39, 0.29) is 11.9 Å². The summed E-state index contributed by atoms with van der Waals surface area (Å²) in [4.78, 5) is 13.2. The summed E-state index contributed by atoms with van der Waals surface area (Å²) < 4.78 is 12.2. The molecule has 1 unspecified atom stereocenters. The fraction of sp³-hybridized carbons (Fsp3) is 0.296. The molecule has 0 aliphatic rings. The zero-order chi connectivity index (χ0) is 23.3. The van der Waals surface area contributed by atoms with Gasteiger partial charge in [0, 0.05) is 12.6 Å². The SMILES string of the molecule is NCCCCC(CN)NC(=O)c1cccc(OCc2ccccc2)c1OCc1ccccc1. The van der Waals surface area contributed by atoms with E-state index in [4.69, 9.17) is 20.9 Å². The molecule has 3 aromatic carbocycles. The molecule has 174 valence electrons. The van der Waals surface area contributed by atoms with E-state index in [1.807, 2.05) is 66.7 Å². The number of hydrogen-bond donors (Lipinski definition) is 3. The minimum absolute atomic E-state index is 0.125. The van der Waals surface area contributed by atoms with Crippen LogP contribution in [0.15, 0.2) is 78.9 Å². The maximum absolute atomic E-state index is 13.2. The Morgan fingerprint density at radius 3 is 2.03 bits per heavy atom. The van der Waals surface area contributed by atoms with Crippen LogP contribution in [-0.2, 0) is 13.2 Å². The van der Waals surface area contributed by atoms with Crippen LogP contribution in [0, 0.1) is 0 Å². The number of unbranched alkanes of at least 4 members (excludes halogenated alkanes) is 1. The molecule has 0 bridgehead atoms. The highest BCUT2D eigenvalue weighted by Crippen LogP contribution is 2.33. The van der Waals surface area contributed by atoms with Crippen LogP contribution in [0.25, 0.3) is 0 Å². The molecule has 0 radical (unpaired) electrons. The van der Waals surface area contributed by atoms with Crippen molar-refractivity contribution in [2.75, 3.05) is 13.1 Å². The van der Waals surface area contributed by atoms with Crippen LogP contribution < -0.4 is 26.3 Å². The Bertz CT molecular complexity index is 980. The molecule has 0 saturated carbocycles. The average Bonchev–Trinajstić information content (AvgIpc) is 2.87. The van der Waals surface area contributed by atoms with Crippen LogP contribution in [0.2, 0.25) is 0 Å². The third-order valence-electron chi connectivity index (χ3n) is 5.31. The van der Waals surface area contributed by atoms with Gasteiger partial charge in [-0.25, -0.2) is 0 Å². The van der Waals surface area contributed by atoms with E-state index in [0.717, 1.165) is 30.4 Å². The zero-order valence-electron chi connectivity index (χ0n) is 18.9. The van der Waals surface area contributed by atoms with Gasteiger partial charge in [0.2, 0.25) is 0 Å². The van der Waals surface area contributed by atoms with Gasteiger partial charge in [0.25, 0.3) is 5.91 Å². The molecule has 0 fully saturated rings. The molecule has 1 atom stereocenters. The monoisotopic (exact) mass is 447 g/mol. The van der Waals surface area contributed by atoms with E-state index >= 15 is 0 Å². The van der Waals surface area contributed by atoms with Gasteiger partial charge in [-0.1, -0.05) is 73.2 Å². The van der Waals surface area contributed by atoms with Gasteiger partial charge in [0.1, 0.15) is 13.2 Å². The summed E-state index contributed by atoms with van der Waals surface area (Å²) in [6, 6.07) is 25.0. The first kappa shape index (κ1) is 24.3. The number of nitrogens with one attached hydrogen (secondary N) is 1. The molecular formula is C27H33N3O3. The van der Waals surface area contributed by atoms with Gasteiger partial charge >= 0.3 is 0 Å². The summed E-state index contributed by atoms with van der Waals surface area (Å²) in [7, 11) is 0. The van der Waals surface area contributed by atoms with E-state index in [0.29, 0.717) is 43.4 Å². The van der Waals surface area contributed by atoms with Crippen LogP contribution in [0.4, 0.5) is 0 Å². The van der Waals surface area contributed by atoms with Crippen molar-refractivity contribution < 1.29 is 14.3 Å². The van der Waals surface area contributed by atoms with E-state index in [1.54, 1.807) is 12.1 Å². The van der Waals surface area contributed by atoms with Gasteiger partial charge in [-0.3, -0.25) is 4.79 Å². The van der Waals surface area contributed by atoms with Crippen LogP contribution in [0.5, 0.6) is 11.5 Å². The van der Waals surface area contributed by atoms with Gasteiger partial charge in [-0.05, 0) is 42.6 Å². The van der Waals surface area contributed by atoms with Crippen molar-refractivity contribution in [2.45, 2.75) is 38.5 Å². The van der Waals surface area contributed by atoms with Crippen LogP contribution in [-0.4, -0.2) is 25.0 Å². The fourth-order valence-corrected chi connectivity index (χ4v) is 3.47. The number of amides is 1. The van der Waals surface area contributed by atoms with Gasteiger partial charge in [-0.2, -0.15) is 0 Å². The Kier molecular flexibility index (Phi) is 9.76. The second kappa shape index (κ2) is 13.3. The van der Waals surface area contributed by atoms with Crippen molar-refractivity contribution in [3.63, 3.8) is 0 Å². The van der Waals surface area contributed by atoms with E-state index < -0.39 is 0 Å². The normalized spacial score (nSPS) is 11.6. The van der Waals surface area contributed by atoms with Crippen molar-refractivity contribution in [1.82, 2.24) is 5.32 Å². The van der Waals surface area contributed by atoms with E-state index in [1.165, 1.54) is 0 Å². The fourth-order valence-electron chi connectivity index (χ4n) is 3.47. The van der Waals surface area contributed by atoms with E-state index in [2.05, 4.69) is 5.32 Å². The second-order valence-electron chi connectivity index (χ2n) is 7.87. The number of carbonyl (C=O) groups excluding carboxylic acids is 1. The van der Waals surface area contributed by atoms with Crippen LogP contribution >= 0.6 is 0 Å². The quantitative estimate of drug-likeness (QED) is 0.344. The first-order valence-corrected chi connectivity index (χ1v) is 11.4. The Balaban J connectivity index is 1.80. The lowest BCUT2D eigenvalue weighted by molar-refractivity contribution is 0.0930. The summed E-state index contributed by atoms with van der Waals surface area (Å²) >= 11 is 0. The summed E-state index contributed by atoms with van der Waals surface area (Å²) in [6.45, 7) is 1.69. The largest absolute Gasteiger partial charge is 0.485 e. The number of hydrogen-bond acceptors (Lipinski definition) is 5. The van der Waals surface area contributed by atoms with Gasteiger partial charge < -0.3 is 26.3 Å². The lowest BCUT2D eigenvalue weighted by Gasteiger charge is -2.20. The number of ether oxygens (including phenoxy) is 2. The van der Waals surface area contributed by atoms with Crippen molar-refractivity contribution in [2.24, 2.45) is 11.5 Å². The third kappa shape index (κ3) is 7.63. The molecule has 6 nitrogen and oxygen atoms in total. The molecule has 3 rings (SSSR count). The van der Waals surface area contributed by atoms with Gasteiger partial charge in [-0.15, -0.1) is 0 Å². The molecule has 0 aromatic heterocycles. The summed E-state index contributed by atoms with van der Waals surface area (Å²) in [5, 5.41) is 3.04. The Morgan fingerprint density at radius 2 is 1.42 bits per heavy atom. The minimum atomic E-state index is -0.230. The Morgan fingerprint density at radius 1 is 0.788 bits per heavy atom. The van der Waals surface area contributed by atoms with Gasteiger partial charge in [0.05, 0.1) is 5.56 Å². The molecule has 5 N–H and O–H groups in total. The molecule has 0 spiro atoms. The summed E-state index contributed by atoms with van der Waals surface area (Å²) in [5.41, 5.74) is 13.9. The smallest absolute Gasteiger partial charge is 0.255 e. The zero-order valence-corrected chi connectivity index (χ0v) is 18.9. The highest BCUT2D eigenvalue weighted by molar-refractivity contribution is 5.98. The van der Waals surface area contributed by atoms with Crippen molar-refractivity contribution in [3.8, 4) is 11.5 Å². The molecule has 0 aliphatic carbocycles. The molecule has 33 heavy (non-hydrogen) atoms. The number of rotatable bonds is 13. The second-order valence-corrected chi connectivity index (χ2v) is 7.87. The highest BCUT2D eigenvalue weighted by Gasteiger charge is 2.20. The number of carbonyl (C=O) groups is 1. The maximum atomic E-state index is 13.2. The molecular weight excluding hydrogens is 414 g/mol. The average molecular weight is 448 g/mol. The predicted molar refractivity (Wildman–Crippen MR) is 131 cm³/mol. The summed E-state index contributed by atoms with van der Waals surface area (Å²) in [6.07, 6.45) is 2.60. The summed E-state index contributed by atoms with van der Waals surface area (Å²) in [5.74, 6) is 0.716. The third-order valence-corrected chi connectivity index (χ3v) is 5.31. The standard InChI is InChI=1S/C27H33N3O3/c28-17-8-7-14-23(18-29)30-27(31)24-15-9-16-25(32-19-21-10-3-1-4-11-21)26(24)33-20-22-12-5-2-6-13-22/h1-6,9-13,15-16,23H,7-8,14,17-20,28-29H2,(H,30,31). The molecule has 1 amide bonds. The minimum Gasteiger partial charge on any atom is -0.485 e. The topological polar surface area (TPSA) is 99.6 Å². The maximum Gasteiger partial charge on any atom is 0.255 e. The van der Waals surface area contributed by atoms with Gasteiger partial charge in [0.15, 0.2) is 11.5 Å². The Labute approximate surface area is 195 Å². The lowest BCUT2D eigenvalue weighted by atomic mass is 10.1. The number of para-hydroxylation sites is 1. The Hall–Kier alpha value is -3.35. The molecule has 0 heterocycles.